The van der Waals surface area contributed by atoms with Crippen molar-refractivity contribution < 1.29 is 29.0 Å². The van der Waals surface area contributed by atoms with Gasteiger partial charge in [0.25, 0.3) is 0 Å². The number of amides is 2. The fourth-order valence-electron chi connectivity index (χ4n) is 5.73. The van der Waals surface area contributed by atoms with Crippen molar-refractivity contribution in [1.82, 2.24) is 10.6 Å². The third-order valence-corrected chi connectivity index (χ3v) is 7.54. The van der Waals surface area contributed by atoms with Gasteiger partial charge in [0.15, 0.2) is 6.10 Å². The number of hydrogen-bond acceptors (Lipinski definition) is 5. The minimum absolute atomic E-state index is 0.00443. The van der Waals surface area contributed by atoms with Gasteiger partial charge in [-0.05, 0) is 47.4 Å². The minimum Gasteiger partial charge on any atom is -0.479 e. The molecule has 0 spiro atoms. The number of ether oxygens (including phenoxy) is 2. The van der Waals surface area contributed by atoms with Gasteiger partial charge in [0.2, 0.25) is 5.91 Å². The topological polar surface area (TPSA) is 114 Å². The van der Waals surface area contributed by atoms with Gasteiger partial charge in [-0.1, -0.05) is 48.5 Å². The summed E-state index contributed by atoms with van der Waals surface area (Å²) in [6.45, 7) is 0.166. The van der Waals surface area contributed by atoms with Gasteiger partial charge in [0.05, 0.1) is 12.0 Å². The fraction of sp³-hybridized carbons (Fsp3) is 0.423. The number of carboxylic acid groups (broad SMARTS) is 1. The summed E-state index contributed by atoms with van der Waals surface area (Å²) in [4.78, 5) is 36.4. The summed E-state index contributed by atoms with van der Waals surface area (Å²) in [6.07, 6.45) is 0.442. The Morgan fingerprint density at radius 2 is 1.71 bits per heavy atom. The van der Waals surface area contributed by atoms with Gasteiger partial charge in [-0.25, -0.2) is 9.59 Å². The zero-order valence-electron chi connectivity index (χ0n) is 19.0. The Labute approximate surface area is 197 Å². The summed E-state index contributed by atoms with van der Waals surface area (Å²) in [7, 11) is 1.30. The maximum Gasteiger partial charge on any atom is 0.407 e. The number of benzene rings is 2. The first-order valence-electron chi connectivity index (χ1n) is 11.6. The van der Waals surface area contributed by atoms with E-state index in [2.05, 4.69) is 34.9 Å². The van der Waals surface area contributed by atoms with E-state index in [1.54, 1.807) is 0 Å². The van der Waals surface area contributed by atoms with Crippen molar-refractivity contribution in [3.63, 3.8) is 0 Å². The van der Waals surface area contributed by atoms with E-state index >= 15 is 0 Å². The molecule has 2 fully saturated rings. The maximum absolute atomic E-state index is 12.7. The molecule has 4 atom stereocenters. The summed E-state index contributed by atoms with van der Waals surface area (Å²) in [5, 5.41) is 14.7. The summed E-state index contributed by atoms with van der Waals surface area (Å²) in [6, 6.07) is 16.2. The molecule has 5 rings (SSSR count). The first kappa shape index (κ1) is 22.4. The van der Waals surface area contributed by atoms with Crippen molar-refractivity contribution in [3.05, 3.63) is 59.7 Å². The Balaban J connectivity index is 1.14. The highest BCUT2D eigenvalue weighted by Gasteiger charge is 2.65. The van der Waals surface area contributed by atoms with Gasteiger partial charge in [-0.2, -0.15) is 0 Å². The van der Waals surface area contributed by atoms with E-state index in [1.807, 2.05) is 24.3 Å². The van der Waals surface area contributed by atoms with Crippen LogP contribution >= 0.6 is 0 Å². The van der Waals surface area contributed by atoms with Crippen molar-refractivity contribution in [1.29, 1.82) is 0 Å². The molecule has 3 N–H and O–H groups in total. The third-order valence-electron chi connectivity index (χ3n) is 7.54. The Bertz CT molecular complexity index is 1090. The van der Waals surface area contributed by atoms with E-state index in [0.717, 1.165) is 17.5 Å². The zero-order chi connectivity index (χ0) is 23.9. The number of carboxylic acids is 1. The van der Waals surface area contributed by atoms with Crippen LogP contribution in [0, 0.1) is 11.3 Å². The highest BCUT2D eigenvalue weighted by molar-refractivity contribution is 5.87. The van der Waals surface area contributed by atoms with Crippen molar-refractivity contribution in [2.24, 2.45) is 11.3 Å². The summed E-state index contributed by atoms with van der Waals surface area (Å²) in [5.74, 6) is -1.10. The highest BCUT2D eigenvalue weighted by Crippen LogP contribution is 2.63. The zero-order valence-corrected chi connectivity index (χ0v) is 19.0. The lowest BCUT2D eigenvalue weighted by molar-refractivity contribution is -0.148. The first-order valence-corrected chi connectivity index (χ1v) is 11.6. The molecular weight excluding hydrogens is 436 g/mol. The SMILES string of the molecule is COC(CNC(=O)[C@]12C[C@H](NC(=O)OCC3c4ccccc4-c4ccccc43)C[C@H]1C2)C(=O)O. The van der Waals surface area contributed by atoms with Crippen molar-refractivity contribution in [3.8, 4) is 11.1 Å². The van der Waals surface area contributed by atoms with E-state index in [0.29, 0.717) is 12.8 Å². The predicted octanol–water partition coefficient (Wildman–Crippen LogP) is 2.91. The lowest BCUT2D eigenvalue weighted by Gasteiger charge is -2.20. The number of carbonyl (C=O) groups is 3. The Morgan fingerprint density at radius 3 is 2.32 bits per heavy atom. The molecule has 3 aliphatic carbocycles. The number of methoxy groups -OCH3 is 1. The Kier molecular flexibility index (Phi) is 5.77. The third kappa shape index (κ3) is 3.92. The smallest absolute Gasteiger partial charge is 0.407 e. The van der Waals surface area contributed by atoms with E-state index in [4.69, 9.17) is 14.6 Å². The standard InChI is InChI=1S/C26H28N2O6/c1-33-22(23(29)30)13-27-24(31)26-11-15(26)10-16(12-26)28-25(32)34-14-21-19-8-4-2-6-17(19)18-7-3-5-9-20(18)21/h2-9,15-16,21-22H,10-14H2,1H3,(H,27,31)(H,28,32)(H,29,30)/t15-,16+,22?,26+/m0/s1. The lowest BCUT2D eigenvalue weighted by Crippen LogP contribution is -2.42. The van der Waals surface area contributed by atoms with Gasteiger partial charge in [0, 0.05) is 19.1 Å². The van der Waals surface area contributed by atoms with Crippen LogP contribution in [0.15, 0.2) is 48.5 Å². The Morgan fingerprint density at radius 1 is 1.06 bits per heavy atom. The molecule has 8 heteroatoms. The number of carbonyl (C=O) groups excluding carboxylic acids is 2. The number of hydrogen-bond donors (Lipinski definition) is 3. The second-order valence-electron chi connectivity index (χ2n) is 9.44. The van der Waals surface area contributed by atoms with Gasteiger partial charge >= 0.3 is 12.1 Å². The summed E-state index contributed by atoms with van der Waals surface area (Å²) >= 11 is 0. The number of alkyl carbamates (subject to hydrolysis) is 1. The largest absolute Gasteiger partial charge is 0.479 e. The minimum atomic E-state index is -1.12. The molecule has 178 valence electrons. The Hall–Kier alpha value is -3.39. The monoisotopic (exact) mass is 464 g/mol. The number of fused-ring (bicyclic) bond motifs is 4. The summed E-state index contributed by atoms with van der Waals surface area (Å²) < 4.78 is 10.5. The number of aliphatic carboxylic acids is 1. The molecular formula is C26H28N2O6. The molecule has 0 saturated heterocycles. The van der Waals surface area contributed by atoms with Gasteiger partial charge in [0.1, 0.15) is 6.61 Å². The molecule has 0 heterocycles. The first-order chi connectivity index (χ1) is 16.4. The quantitative estimate of drug-likeness (QED) is 0.554. The van der Waals surface area contributed by atoms with Crippen LogP contribution in [-0.2, 0) is 19.1 Å². The van der Waals surface area contributed by atoms with Crippen molar-refractivity contribution >= 4 is 18.0 Å². The van der Waals surface area contributed by atoms with Crippen LogP contribution < -0.4 is 10.6 Å². The maximum atomic E-state index is 12.7. The molecule has 1 unspecified atom stereocenters. The number of rotatable bonds is 8. The molecule has 8 nitrogen and oxygen atoms in total. The molecule has 0 radical (unpaired) electrons. The van der Waals surface area contributed by atoms with Crippen LogP contribution in [0.3, 0.4) is 0 Å². The van der Waals surface area contributed by atoms with Gasteiger partial charge in [-0.3, -0.25) is 4.79 Å². The van der Waals surface area contributed by atoms with Crippen LogP contribution in [0.1, 0.15) is 36.3 Å². The average Bonchev–Trinajstić information content (AvgIpc) is 3.26. The molecule has 0 bridgehead atoms. The second-order valence-corrected chi connectivity index (χ2v) is 9.44. The van der Waals surface area contributed by atoms with Gasteiger partial charge < -0.3 is 25.2 Å². The molecule has 0 aromatic heterocycles. The molecule has 2 aromatic rings. The van der Waals surface area contributed by atoms with Crippen LogP contribution in [0.2, 0.25) is 0 Å². The van der Waals surface area contributed by atoms with Crippen LogP contribution in [-0.4, -0.2) is 55.5 Å². The van der Waals surface area contributed by atoms with E-state index in [1.165, 1.54) is 18.2 Å². The van der Waals surface area contributed by atoms with Crippen molar-refractivity contribution in [2.45, 2.75) is 37.3 Å². The molecule has 34 heavy (non-hydrogen) atoms. The van der Waals surface area contributed by atoms with Crippen LogP contribution in [0.4, 0.5) is 4.79 Å². The van der Waals surface area contributed by atoms with E-state index < -0.39 is 23.6 Å². The van der Waals surface area contributed by atoms with Crippen LogP contribution in [0.25, 0.3) is 11.1 Å². The lowest BCUT2D eigenvalue weighted by atomic mass is 9.98. The van der Waals surface area contributed by atoms with Crippen molar-refractivity contribution in [2.75, 3.05) is 20.3 Å². The van der Waals surface area contributed by atoms with E-state index in [-0.39, 0.29) is 36.9 Å². The highest BCUT2D eigenvalue weighted by atomic mass is 16.5. The summed E-state index contributed by atoms with van der Waals surface area (Å²) in [5.41, 5.74) is 4.14. The predicted molar refractivity (Wildman–Crippen MR) is 123 cm³/mol. The average molecular weight is 465 g/mol. The normalized spacial score (nSPS) is 25.0. The van der Waals surface area contributed by atoms with E-state index in [9.17, 15) is 14.4 Å². The molecule has 2 amide bonds. The fourth-order valence-corrected chi connectivity index (χ4v) is 5.73. The molecule has 2 saturated carbocycles. The molecule has 0 aliphatic heterocycles. The molecule has 3 aliphatic rings. The van der Waals surface area contributed by atoms with Crippen LogP contribution in [0.5, 0.6) is 0 Å². The van der Waals surface area contributed by atoms with Gasteiger partial charge in [-0.15, -0.1) is 0 Å². The number of nitrogens with one attached hydrogen (secondary N) is 2. The second kappa shape index (κ2) is 8.76. The molecule has 2 aromatic carbocycles.